The van der Waals surface area contributed by atoms with Crippen LogP contribution in [-0.4, -0.2) is 51.3 Å². The lowest BCUT2D eigenvalue weighted by Crippen LogP contribution is -2.53. The summed E-state index contributed by atoms with van der Waals surface area (Å²) in [5, 5.41) is 17.3. The van der Waals surface area contributed by atoms with Gasteiger partial charge in [0.1, 0.15) is 10.6 Å². The Bertz CT molecular complexity index is 707. The second kappa shape index (κ2) is 7.00. The number of nitrogens with zero attached hydrogens (tertiary/aromatic N) is 3. The highest BCUT2D eigenvalue weighted by Crippen LogP contribution is 2.20. The van der Waals surface area contributed by atoms with Crippen LogP contribution in [0, 0.1) is 20.8 Å². The summed E-state index contributed by atoms with van der Waals surface area (Å²) in [6.45, 7) is 7.65. The summed E-state index contributed by atoms with van der Waals surface area (Å²) in [6, 6.07) is -0.236. The number of likely N-dealkylation sites (tertiary alicyclic amines) is 1. The number of hydrogen-bond donors (Lipinski definition) is 2. The number of aliphatic hydroxyl groups is 1. The van der Waals surface area contributed by atoms with E-state index >= 15 is 0 Å². The van der Waals surface area contributed by atoms with E-state index in [1.807, 2.05) is 20.8 Å². The SMILES string of the molecule is Cc1ncsc1C(=O)N[C@@H]1CCN(Cc2c(C)noc2C)C[C@H]1O. The number of aliphatic hydroxyl groups excluding tert-OH is 1. The van der Waals surface area contributed by atoms with Gasteiger partial charge in [0, 0.05) is 25.2 Å². The quantitative estimate of drug-likeness (QED) is 0.867. The van der Waals surface area contributed by atoms with Crippen LogP contribution in [0.3, 0.4) is 0 Å². The van der Waals surface area contributed by atoms with Crippen LogP contribution in [0.5, 0.6) is 0 Å². The predicted octanol–water partition coefficient (Wildman–Crippen LogP) is 1.42. The Hall–Kier alpha value is -1.77. The summed E-state index contributed by atoms with van der Waals surface area (Å²) in [5.41, 5.74) is 4.35. The monoisotopic (exact) mass is 350 g/mol. The summed E-state index contributed by atoms with van der Waals surface area (Å²) < 4.78 is 5.19. The van der Waals surface area contributed by atoms with Crippen LogP contribution in [0.25, 0.3) is 0 Å². The van der Waals surface area contributed by atoms with Gasteiger partial charge >= 0.3 is 0 Å². The van der Waals surface area contributed by atoms with Gasteiger partial charge in [0.25, 0.3) is 5.91 Å². The Kier molecular flexibility index (Phi) is 4.98. The van der Waals surface area contributed by atoms with Gasteiger partial charge in [-0.2, -0.15) is 0 Å². The summed E-state index contributed by atoms with van der Waals surface area (Å²) in [6.07, 6.45) is 0.102. The summed E-state index contributed by atoms with van der Waals surface area (Å²) in [4.78, 5) is 19.1. The van der Waals surface area contributed by atoms with Gasteiger partial charge in [0.05, 0.1) is 29.0 Å². The maximum Gasteiger partial charge on any atom is 0.263 e. The van der Waals surface area contributed by atoms with Crippen molar-refractivity contribution in [3.8, 4) is 0 Å². The molecule has 3 heterocycles. The first-order valence-electron chi connectivity index (χ1n) is 7.99. The fourth-order valence-electron chi connectivity index (χ4n) is 3.01. The molecule has 0 bridgehead atoms. The number of thiazole rings is 1. The molecule has 8 heteroatoms. The molecule has 0 radical (unpaired) electrons. The van der Waals surface area contributed by atoms with Crippen LogP contribution in [0.1, 0.15) is 38.8 Å². The zero-order chi connectivity index (χ0) is 17.3. The van der Waals surface area contributed by atoms with Gasteiger partial charge in [0.15, 0.2) is 0 Å². The minimum atomic E-state index is -0.601. The number of aromatic nitrogens is 2. The van der Waals surface area contributed by atoms with Crippen LogP contribution in [-0.2, 0) is 6.54 Å². The third kappa shape index (κ3) is 3.50. The number of carbonyl (C=O) groups excluding carboxylic acids is 1. The zero-order valence-corrected chi connectivity index (χ0v) is 14.9. The first-order valence-corrected chi connectivity index (χ1v) is 8.86. The van der Waals surface area contributed by atoms with Crippen molar-refractivity contribution in [2.75, 3.05) is 13.1 Å². The van der Waals surface area contributed by atoms with Crippen LogP contribution in [0.4, 0.5) is 0 Å². The van der Waals surface area contributed by atoms with E-state index in [0.29, 0.717) is 24.4 Å². The molecule has 1 saturated heterocycles. The normalized spacial score (nSPS) is 21.8. The number of piperidine rings is 1. The van der Waals surface area contributed by atoms with E-state index in [0.717, 1.165) is 29.3 Å². The number of rotatable bonds is 4. The first-order chi connectivity index (χ1) is 11.5. The molecule has 1 aliphatic heterocycles. The molecule has 24 heavy (non-hydrogen) atoms. The molecule has 2 atom stereocenters. The lowest BCUT2D eigenvalue weighted by Gasteiger charge is -2.36. The highest BCUT2D eigenvalue weighted by Gasteiger charge is 2.30. The van der Waals surface area contributed by atoms with Crippen molar-refractivity contribution in [2.45, 2.75) is 45.9 Å². The Labute approximate surface area is 144 Å². The van der Waals surface area contributed by atoms with Crippen molar-refractivity contribution < 1.29 is 14.4 Å². The van der Waals surface area contributed by atoms with Gasteiger partial charge in [-0.1, -0.05) is 5.16 Å². The Morgan fingerprint density at radius 1 is 1.46 bits per heavy atom. The smallest absolute Gasteiger partial charge is 0.263 e. The molecule has 2 aromatic rings. The first kappa shape index (κ1) is 17.1. The van der Waals surface area contributed by atoms with Crippen molar-refractivity contribution in [1.29, 1.82) is 0 Å². The Balaban J connectivity index is 1.57. The second-order valence-electron chi connectivity index (χ2n) is 6.24. The molecule has 0 spiro atoms. The minimum absolute atomic E-state index is 0.154. The molecule has 0 aromatic carbocycles. The maximum atomic E-state index is 12.3. The highest BCUT2D eigenvalue weighted by atomic mass is 32.1. The zero-order valence-electron chi connectivity index (χ0n) is 14.1. The average Bonchev–Trinajstić information content (AvgIpc) is 3.10. The number of amides is 1. The van der Waals surface area contributed by atoms with Gasteiger partial charge in [-0.05, 0) is 27.2 Å². The van der Waals surface area contributed by atoms with Gasteiger partial charge in [0.2, 0.25) is 0 Å². The van der Waals surface area contributed by atoms with E-state index in [-0.39, 0.29) is 11.9 Å². The van der Waals surface area contributed by atoms with Crippen LogP contribution in [0.15, 0.2) is 10.0 Å². The number of carbonyl (C=O) groups is 1. The standard InChI is InChI=1S/C16H22N4O3S/c1-9-12(11(3)23-19-9)6-20-5-4-13(14(21)7-20)18-16(22)15-10(2)17-8-24-15/h8,13-14,21H,4-7H2,1-3H3,(H,18,22)/t13-,14-/m1/s1. The molecule has 0 saturated carbocycles. The average molecular weight is 350 g/mol. The number of nitrogens with one attached hydrogen (secondary N) is 1. The van der Waals surface area contributed by atoms with E-state index in [9.17, 15) is 9.90 Å². The van der Waals surface area contributed by atoms with Crippen molar-refractivity contribution >= 4 is 17.2 Å². The van der Waals surface area contributed by atoms with Gasteiger partial charge in [-0.15, -0.1) is 11.3 Å². The molecule has 1 aliphatic rings. The fraction of sp³-hybridized carbons (Fsp3) is 0.562. The molecule has 7 nitrogen and oxygen atoms in total. The van der Waals surface area contributed by atoms with Crippen LogP contribution >= 0.6 is 11.3 Å². The summed E-state index contributed by atoms with van der Waals surface area (Å²) in [5.74, 6) is 0.663. The van der Waals surface area contributed by atoms with Crippen molar-refractivity contribution in [3.05, 3.63) is 33.1 Å². The molecule has 0 aliphatic carbocycles. The molecule has 2 aromatic heterocycles. The second-order valence-corrected chi connectivity index (χ2v) is 7.10. The maximum absolute atomic E-state index is 12.3. The number of aryl methyl sites for hydroxylation is 3. The molecule has 2 N–H and O–H groups in total. The largest absolute Gasteiger partial charge is 0.390 e. The van der Waals surface area contributed by atoms with Crippen molar-refractivity contribution in [2.24, 2.45) is 0 Å². The molecular weight excluding hydrogens is 328 g/mol. The predicted molar refractivity (Wildman–Crippen MR) is 90.0 cm³/mol. The van der Waals surface area contributed by atoms with Crippen LogP contribution < -0.4 is 5.32 Å². The molecule has 3 rings (SSSR count). The lowest BCUT2D eigenvalue weighted by molar-refractivity contribution is 0.0348. The molecule has 0 unspecified atom stereocenters. The van der Waals surface area contributed by atoms with Crippen LogP contribution in [0.2, 0.25) is 0 Å². The highest BCUT2D eigenvalue weighted by molar-refractivity contribution is 7.11. The number of β-amino-alcohol motifs (C(OH)–C–C–N with tert-alkyl or cyclic N) is 1. The van der Waals surface area contributed by atoms with E-state index in [1.165, 1.54) is 11.3 Å². The fourth-order valence-corrected chi connectivity index (χ4v) is 3.72. The van der Waals surface area contributed by atoms with E-state index in [1.54, 1.807) is 5.51 Å². The van der Waals surface area contributed by atoms with Gasteiger partial charge < -0.3 is 14.9 Å². The van der Waals surface area contributed by atoms with E-state index in [4.69, 9.17) is 4.52 Å². The third-order valence-electron chi connectivity index (χ3n) is 4.50. The lowest BCUT2D eigenvalue weighted by atomic mass is 10.0. The molecule has 1 amide bonds. The molecule has 1 fully saturated rings. The number of hydrogen-bond acceptors (Lipinski definition) is 7. The van der Waals surface area contributed by atoms with Gasteiger partial charge in [-0.25, -0.2) is 4.98 Å². The summed E-state index contributed by atoms with van der Waals surface area (Å²) >= 11 is 1.32. The van der Waals surface area contributed by atoms with E-state index < -0.39 is 6.10 Å². The Morgan fingerprint density at radius 3 is 2.83 bits per heavy atom. The van der Waals surface area contributed by atoms with Crippen molar-refractivity contribution in [1.82, 2.24) is 20.4 Å². The molecular formula is C16H22N4O3S. The minimum Gasteiger partial charge on any atom is -0.390 e. The van der Waals surface area contributed by atoms with Gasteiger partial charge in [-0.3, -0.25) is 9.69 Å². The Morgan fingerprint density at radius 2 is 2.25 bits per heavy atom. The topological polar surface area (TPSA) is 91.5 Å². The van der Waals surface area contributed by atoms with Crippen molar-refractivity contribution in [3.63, 3.8) is 0 Å². The summed E-state index contributed by atoms with van der Waals surface area (Å²) in [7, 11) is 0. The molecule has 130 valence electrons. The van der Waals surface area contributed by atoms with E-state index in [2.05, 4.69) is 20.4 Å². The third-order valence-corrected chi connectivity index (χ3v) is 5.42.